The van der Waals surface area contributed by atoms with Crippen LogP contribution in [0.3, 0.4) is 0 Å². The maximum atomic E-state index is 11.8. The van der Waals surface area contributed by atoms with Crippen molar-refractivity contribution in [1.29, 1.82) is 5.26 Å². The predicted molar refractivity (Wildman–Crippen MR) is 81.1 cm³/mol. The third kappa shape index (κ3) is 6.60. The van der Waals surface area contributed by atoms with E-state index in [4.69, 9.17) is 5.26 Å². The molecule has 1 aliphatic carbocycles. The predicted octanol–water partition coefficient (Wildman–Crippen LogP) is 3.36. The van der Waals surface area contributed by atoms with Gasteiger partial charge in [0.25, 0.3) is 0 Å². The Kier molecular flexibility index (Phi) is 7.79. The maximum absolute atomic E-state index is 11.8. The highest BCUT2D eigenvalue weighted by Gasteiger charge is 2.21. The van der Waals surface area contributed by atoms with Crippen LogP contribution in [0.5, 0.6) is 0 Å². The average molecular weight is 277 g/mol. The number of nitrogens with zero attached hydrogens (tertiary/aromatic N) is 1. The van der Waals surface area contributed by atoms with E-state index < -0.39 is 0 Å². The van der Waals surface area contributed by atoms with Crippen LogP contribution in [0.1, 0.15) is 51.9 Å². The van der Waals surface area contributed by atoms with Gasteiger partial charge < -0.3 is 10.6 Å². The van der Waals surface area contributed by atoms with Gasteiger partial charge in [-0.25, -0.2) is 4.79 Å². The van der Waals surface area contributed by atoms with Crippen molar-refractivity contribution in [3.05, 3.63) is 12.7 Å². The van der Waals surface area contributed by atoms with E-state index in [2.05, 4.69) is 23.3 Å². The van der Waals surface area contributed by atoms with Gasteiger partial charge in [0, 0.05) is 18.5 Å². The monoisotopic (exact) mass is 277 g/mol. The normalized spacial score (nSPS) is 23.4. The highest BCUT2D eigenvalue weighted by atomic mass is 16.2. The molecule has 0 aromatic carbocycles. The summed E-state index contributed by atoms with van der Waals surface area (Å²) in [6, 6.07) is 2.46. The van der Waals surface area contributed by atoms with Gasteiger partial charge in [-0.1, -0.05) is 6.08 Å². The fraction of sp³-hybridized carbons (Fsp3) is 0.750. The van der Waals surface area contributed by atoms with E-state index in [1.165, 1.54) is 0 Å². The van der Waals surface area contributed by atoms with Gasteiger partial charge in [0.1, 0.15) is 0 Å². The number of nitrogens with one attached hydrogen (secondary N) is 2. The first-order valence-electron chi connectivity index (χ1n) is 7.70. The van der Waals surface area contributed by atoms with Gasteiger partial charge >= 0.3 is 6.03 Å². The first kappa shape index (κ1) is 16.6. The zero-order chi connectivity index (χ0) is 14.8. The van der Waals surface area contributed by atoms with Gasteiger partial charge in [-0.3, -0.25) is 0 Å². The smallest absolute Gasteiger partial charge is 0.315 e. The molecule has 0 unspecified atom stereocenters. The molecule has 4 nitrogen and oxygen atoms in total. The molecule has 0 aromatic heterocycles. The second kappa shape index (κ2) is 9.41. The van der Waals surface area contributed by atoms with E-state index in [1.807, 2.05) is 13.0 Å². The lowest BCUT2D eigenvalue weighted by molar-refractivity contribution is 0.231. The Hall–Kier alpha value is -1.50. The first-order chi connectivity index (χ1) is 9.65. The lowest BCUT2D eigenvalue weighted by Gasteiger charge is -2.25. The van der Waals surface area contributed by atoms with Gasteiger partial charge in [-0.05, 0) is 57.8 Å². The van der Waals surface area contributed by atoms with Crippen LogP contribution in [0.4, 0.5) is 4.79 Å². The van der Waals surface area contributed by atoms with Gasteiger partial charge in [0.2, 0.25) is 0 Å². The Morgan fingerprint density at radius 2 is 2.15 bits per heavy atom. The zero-order valence-corrected chi connectivity index (χ0v) is 12.5. The molecule has 1 fully saturated rings. The van der Waals surface area contributed by atoms with Crippen LogP contribution in [0, 0.1) is 23.2 Å². The molecule has 2 amide bonds. The number of hydrogen-bond acceptors (Lipinski definition) is 2. The van der Waals surface area contributed by atoms with Crippen molar-refractivity contribution in [2.75, 3.05) is 6.54 Å². The molecule has 2 N–H and O–H groups in total. The summed E-state index contributed by atoms with van der Waals surface area (Å²) < 4.78 is 0. The molecule has 1 aliphatic rings. The van der Waals surface area contributed by atoms with Crippen LogP contribution in [-0.2, 0) is 0 Å². The minimum absolute atomic E-state index is 0.0708. The molecule has 0 aliphatic heterocycles. The van der Waals surface area contributed by atoms with Crippen molar-refractivity contribution < 1.29 is 4.79 Å². The van der Waals surface area contributed by atoms with Crippen LogP contribution >= 0.6 is 0 Å². The first-order valence-corrected chi connectivity index (χ1v) is 7.70. The molecule has 0 aromatic rings. The third-order valence-electron chi connectivity index (χ3n) is 4.00. The van der Waals surface area contributed by atoms with Crippen molar-refractivity contribution in [1.82, 2.24) is 10.6 Å². The summed E-state index contributed by atoms with van der Waals surface area (Å²) >= 11 is 0. The number of rotatable bonds is 7. The van der Waals surface area contributed by atoms with Crippen molar-refractivity contribution in [3.8, 4) is 6.07 Å². The molecule has 0 bridgehead atoms. The summed E-state index contributed by atoms with van der Waals surface area (Å²) in [4.78, 5) is 11.8. The summed E-state index contributed by atoms with van der Waals surface area (Å²) in [6.07, 6.45) is 8.99. The van der Waals surface area contributed by atoms with Gasteiger partial charge in [-0.2, -0.15) is 5.26 Å². The molecule has 20 heavy (non-hydrogen) atoms. The number of urea groups is 1. The van der Waals surface area contributed by atoms with Crippen LogP contribution in [0.25, 0.3) is 0 Å². The van der Waals surface area contributed by atoms with E-state index in [-0.39, 0.29) is 18.0 Å². The fourth-order valence-electron chi connectivity index (χ4n) is 2.65. The minimum atomic E-state index is -0.0708. The minimum Gasteiger partial charge on any atom is -0.338 e. The standard InChI is InChI=1S/C16H27N3O/c1-3-4-5-6-13(2)19-16(20)18-12-15-9-7-14(11-17)8-10-15/h3,13-15H,1,4-10,12H2,2H3,(H2,18,19,20)/t13-,14?,15?/m1/s1. The largest absolute Gasteiger partial charge is 0.338 e. The number of hydrogen-bond donors (Lipinski definition) is 2. The highest BCUT2D eigenvalue weighted by molar-refractivity contribution is 5.74. The third-order valence-corrected chi connectivity index (χ3v) is 4.00. The number of allylic oxidation sites excluding steroid dienone is 1. The number of carbonyl (C=O) groups is 1. The Labute approximate surface area is 122 Å². The molecule has 0 saturated heterocycles. The molecular formula is C16H27N3O. The van der Waals surface area contributed by atoms with Gasteiger partial charge in [-0.15, -0.1) is 6.58 Å². The quantitative estimate of drug-likeness (QED) is 0.553. The molecule has 0 radical (unpaired) electrons. The summed E-state index contributed by atoms with van der Waals surface area (Å²) in [5, 5.41) is 14.8. The molecule has 1 rings (SSSR count). The summed E-state index contributed by atoms with van der Waals surface area (Å²) in [7, 11) is 0. The number of amides is 2. The van der Waals surface area contributed by atoms with Crippen LogP contribution in [0.2, 0.25) is 0 Å². The molecule has 1 saturated carbocycles. The molecule has 112 valence electrons. The topological polar surface area (TPSA) is 64.9 Å². The maximum Gasteiger partial charge on any atom is 0.315 e. The average Bonchev–Trinajstić information content (AvgIpc) is 2.46. The van der Waals surface area contributed by atoms with Gasteiger partial charge in [0.05, 0.1) is 6.07 Å². The lowest BCUT2D eigenvalue weighted by Crippen LogP contribution is -2.42. The number of carbonyl (C=O) groups excluding carboxylic acids is 1. The number of unbranched alkanes of at least 4 members (excludes halogenated alkanes) is 1. The SMILES string of the molecule is C=CCCC[C@@H](C)NC(=O)NCC1CCC(C#N)CC1. The Morgan fingerprint density at radius 3 is 2.75 bits per heavy atom. The molecule has 0 heterocycles. The zero-order valence-electron chi connectivity index (χ0n) is 12.5. The molecule has 1 atom stereocenters. The van der Waals surface area contributed by atoms with E-state index in [9.17, 15) is 4.79 Å². The van der Waals surface area contributed by atoms with Crippen molar-refractivity contribution in [3.63, 3.8) is 0 Å². The van der Waals surface area contributed by atoms with E-state index in [0.717, 1.165) is 51.5 Å². The molecule has 4 heteroatoms. The van der Waals surface area contributed by atoms with Gasteiger partial charge in [0.15, 0.2) is 0 Å². The Morgan fingerprint density at radius 1 is 1.45 bits per heavy atom. The van der Waals surface area contributed by atoms with Crippen molar-refractivity contribution in [2.45, 2.75) is 57.9 Å². The van der Waals surface area contributed by atoms with Crippen LogP contribution in [-0.4, -0.2) is 18.6 Å². The lowest BCUT2D eigenvalue weighted by atomic mass is 9.83. The summed E-state index contributed by atoms with van der Waals surface area (Å²) in [6.45, 7) is 6.45. The summed E-state index contributed by atoms with van der Waals surface area (Å²) in [5.74, 6) is 0.756. The molecule has 0 spiro atoms. The van der Waals surface area contributed by atoms with Crippen LogP contribution < -0.4 is 10.6 Å². The fourth-order valence-corrected chi connectivity index (χ4v) is 2.65. The van der Waals surface area contributed by atoms with E-state index in [1.54, 1.807) is 0 Å². The Bertz CT molecular complexity index is 340. The number of nitriles is 1. The van der Waals surface area contributed by atoms with Crippen LogP contribution in [0.15, 0.2) is 12.7 Å². The van der Waals surface area contributed by atoms with Crippen molar-refractivity contribution >= 4 is 6.03 Å². The van der Waals surface area contributed by atoms with E-state index in [0.29, 0.717) is 5.92 Å². The highest BCUT2D eigenvalue weighted by Crippen LogP contribution is 2.27. The van der Waals surface area contributed by atoms with Crippen molar-refractivity contribution in [2.24, 2.45) is 11.8 Å². The Balaban J connectivity index is 2.11. The summed E-state index contributed by atoms with van der Waals surface area (Å²) in [5.41, 5.74) is 0. The second-order valence-corrected chi connectivity index (χ2v) is 5.82. The molecular weight excluding hydrogens is 250 g/mol. The second-order valence-electron chi connectivity index (χ2n) is 5.82. The van der Waals surface area contributed by atoms with E-state index >= 15 is 0 Å².